The smallest absolute Gasteiger partial charge is 0.407 e. The van der Waals surface area contributed by atoms with Crippen LogP contribution in [0.2, 0.25) is 0 Å². The van der Waals surface area contributed by atoms with Crippen LogP contribution in [0.25, 0.3) is 11.1 Å². The zero-order valence-electron chi connectivity index (χ0n) is 19.8. The lowest BCUT2D eigenvalue weighted by atomic mass is 9.89. The predicted molar refractivity (Wildman–Crippen MR) is 128 cm³/mol. The first-order valence-electron chi connectivity index (χ1n) is 12.1. The minimum atomic E-state index is -0.966. The number of carboxylic acids is 1. The number of amides is 2. The molecule has 0 radical (unpaired) electrons. The van der Waals surface area contributed by atoms with Crippen LogP contribution < -0.4 is 5.32 Å². The summed E-state index contributed by atoms with van der Waals surface area (Å²) in [6.07, 6.45) is 0.581. The van der Waals surface area contributed by atoms with E-state index in [4.69, 9.17) is 9.47 Å². The number of aliphatic carboxylic acids is 1. The molecular weight excluding hydrogens is 448 g/mol. The Hall–Kier alpha value is -3.39. The highest BCUT2D eigenvalue weighted by atomic mass is 16.5. The van der Waals surface area contributed by atoms with Crippen molar-refractivity contribution in [3.63, 3.8) is 0 Å². The number of rotatable bonds is 7. The molecule has 3 aliphatic rings. The van der Waals surface area contributed by atoms with Gasteiger partial charge in [0.1, 0.15) is 12.6 Å². The molecule has 5 rings (SSSR count). The number of nitrogens with one attached hydrogen (secondary N) is 1. The summed E-state index contributed by atoms with van der Waals surface area (Å²) in [5, 5.41) is 12.2. The number of hydrogen-bond donors (Lipinski definition) is 2. The maximum absolute atomic E-state index is 13.5. The van der Waals surface area contributed by atoms with Gasteiger partial charge < -0.3 is 24.8 Å². The molecule has 2 fully saturated rings. The van der Waals surface area contributed by atoms with Crippen LogP contribution in [0.5, 0.6) is 0 Å². The van der Waals surface area contributed by atoms with E-state index < -0.39 is 30.1 Å². The van der Waals surface area contributed by atoms with E-state index in [1.807, 2.05) is 36.4 Å². The molecule has 0 aromatic heterocycles. The summed E-state index contributed by atoms with van der Waals surface area (Å²) in [4.78, 5) is 39.6. The predicted octanol–water partition coefficient (Wildman–Crippen LogP) is 3.39. The van der Waals surface area contributed by atoms with Gasteiger partial charge in [0.2, 0.25) is 5.91 Å². The lowest BCUT2D eigenvalue weighted by Crippen LogP contribution is -2.55. The molecule has 2 aliphatic heterocycles. The van der Waals surface area contributed by atoms with Crippen molar-refractivity contribution in [2.45, 2.75) is 56.3 Å². The molecule has 2 amide bonds. The molecule has 2 bridgehead atoms. The summed E-state index contributed by atoms with van der Waals surface area (Å²) in [7, 11) is 1.48. The van der Waals surface area contributed by atoms with Crippen LogP contribution in [0.3, 0.4) is 0 Å². The standard InChI is InChI=1S/C27H30N2O6/c1-15(34-2)24(25(30)29-16-11-12-23(29)21(13-16)26(31)32)28-27(33)35-14-22-19-9-5-3-7-17(19)18-8-4-6-10-20(18)22/h3-10,15-16,21-24H,11-14H2,1-2H3,(H,28,33)(H,31,32)/t15-,16?,21?,23?,24+/m1/s1. The summed E-state index contributed by atoms with van der Waals surface area (Å²) in [6.45, 7) is 1.84. The van der Waals surface area contributed by atoms with Crippen molar-refractivity contribution in [2.75, 3.05) is 13.7 Å². The van der Waals surface area contributed by atoms with Crippen LogP contribution in [0.15, 0.2) is 48.5 Å². The van der Waals surface area contributed by atoms with E-state index in [1.54, 1.807) is 11.8 Å². The topological polar surface area (TPSA) is 105 Å². The third-order valence-electron chi connectivity index (χ3n) is 7.83. The lowest BCUT2D eigenvalue weighted by molar-refractivity contribution is -0.143. The number of methoxy groups -OCH3 is 1. The number of carboxylic acid groups (broad SMARTS) is 1. The Kier molecular flexibility index (Phi) is 6.23. The van der Waals surface area contributed by atoms with Crippen molar-refractivity contribution in [3.8, 4) is 11.1 Å². The SMILES string of the molecule is CO[C@H](C)[C@H](NC(=O)OCC1c2ccccc2-c2ccccc21)C(=O)N1C2CCC1C(C(=O)O)C2. The third kappa shape index (κ3) is 4.05. The molecule has 2 heterocycles. The highest BCUT2D eigenvalue weighted by Gasteiger charge is 2.53. The molecule has 35 heavy (non-hydrogen) atoms. The van der Waals surface area contributed by atoms with Crippen molar-refractivity contribution in [2.24, 2.45) is 5.92 Å². The van der Waals surface area contributed by atoms with Crippen molar-refractivity contribution in [3.05, 3.63) is 59.7 Å². The van der Waals surface area contributed by atoms with Crippen LogP contribution in [-0.4, -0.2) is 65.9 Å². The number of carbonyl (C=O) groups is 3. The van der Waals surface area contributed by atoms with E-state index >= 15 is 0 Å². The Morgan fingerprint density at radius 3 is 2.26 bits per heavy atom. The van der Waals surface area contributed by atoms with Crippen LogP contribution in [0.1, 0.15) is 43.2 Å². The van der Waals surface area contributed by atoms with Crippen LogP contribution in [-0.2, 0) is 19.1 Å². The van der Waals surface area contributed by atoms with Gasteiger partial charge in [-0.25, -0.2) is 4.79 Å². The van der Waals surface area contributed by atoms with Gasteiger partial charge in [-0.15, -0.1) is 0 Å². The van der Waals surface area contributed by atoms with Gasteiger partial charge in [0.05, 0.1) is 12.0 Å². The van der Waals surface area contributed by atoms with Gasteiger partial charge in [-0.05, 0) is 48.4 Å². The van der Waals surface area contributed by atoms with Gasteiger partial charge in [0.25, 0.3) is 0 Å². The second kappa shape index (κ2) is 9.34. The molecule has 2 aromatic carbocycles. The zero-order valence-corrected chi connectivity index (χ0v) is 19.8. The Balaban J connectivity index is 1.28. The number of nitrogens with zero attached hydrogens (tertiary/aromatic N) is 1. The number of benzene rings is 2. The Morgan fingerprint density at radius 1 is 1.06 bits per heavy atom. The van der Waals surface area contributed by atoms with Gasteiger partial charge in [-0.1, -0.05) is 48.5 Å². The van der Waals surface area contributed by atoms with Gasteiger partial charge in [-0.3, -0.25) is 9.59 Å². The number of carbonyl (C=O) groups excluding carboxylic acids is 2. The van der Waals surface area contributed by atoms with Crippen molar-refractivity contribution >= 4 is 18.0 Å². The Labute approximate surface area is 204 Å². The molecule has 0 spiro atoms. The third-order valence-corrected chi connectivity index (χ3v) is 7.83. The van der Waals surface area contributed by atoms with E-state index in [-0.39, 0.29) is 30.5 Å². The summed E-state index contributed by atoms with van der Waals surface area (Å²) in [5.41, 5.74) is 4.48. The first-order chi connectivity index (χ1) is 16.9. The van der Waals surface area contributed by atoms with Gasteiger partial charge in [-0.2, -0.15) is 0 Å². The van der Waals surface area contributed by atoms with Crippen molar-refractivity contribution in [1.29, 1.82) is 0 Å². The van der Waals surface area contributed by atoms with E-state index in [0.29, 0.717) is 12.8 Å². The molecule has 2 N–H and O–H groups in total. The number of hydrogen-bond acceptors (Lipinski definition) is 5. The maximum atomic E-state index is 13.5. The van der Waals surface area contributed by atoms with Gasteiger partial charge in [0, 0.05) is 25.1 Å². The van der Waals surface area contributed by atoms with E-state index in [0.717, 1.165) is 28.7 Å². The highest BCUT2D eigenvalue weighted by molar-refractivity contribution is 5.88. The second-order valence-electron chi connectivity index (χ2n) is 9.61. The fourth-order valence-electron chi connectivity index (χ4n) is 6.04. The molecule has 5 atom stereocenters. The van der Waals surface area contributed by atoms with Crippen LogP contribution in [0.4, 0.5) is 4.79 Å². The first kappa shape index (κ1) is 23.4. The average Bonchev–Trinajstić information content (AvgIpc) is 3.55. The minimum Gasteiger partial charge on any atom is -0.481 e. The van der Waals surface area contributed by atoms with Crippen LogP contribution in [0, 0.1) is 5.92 Å². The number of ether oxygens (including phenoxy) is 2. The molecule has 8 nitrogen and oxygen atoms in total. The Morgan fingerprint density at radius 2 is 1.69 bits per heavy atom. The quantitative estimate of drug-likeness (QED) is 0.632. The zero-order chi connectivity index (χ0) is 24.7. The van der Waals surface area contributed by atoms with Crippen molar-refractivity contribution in [1.82, 2.24) is 10.2 Å². The normalized spacial score (nSPS) is 23.9. The minimum absolute atomic E-state index is 0.0899. The van der Waals surface area contributed by atoms with Gasteiger partial charge in [0.15, 0.2) is 0 Å². The molecule has 184 valence electrons. The van der Waals surface area contributed by atoms with E-state index in [1.165, 1.54) is 7.11 Å². The first-order valence-corrected chi connectivity index (χ1v) is 12.1. The monoisotopic (exact) mass is 478 g/mol. The number of alkyl carbamates (subject to hydrolysis) is 1. The molecular formula is C27H30N2O6. The maximum Gasteiger partial charge on any atom is 0.407 e. The van der Waals surface area contributed by atoms with Crippen LogP contribution >= 0.6 is 0 Å². The molecule has 8 heteroatoms. The molecule has 0 saturated carbocycles. The fourth-order valence-corrected chi connectivity index (χ4v) is 6.04. The number of fused-ring (bicyclic) bond motifs is 5. The Bertz CT molecular complexity index is 1100. The van der Waals surface area contributed by atoms with Crippen molar-refractivity contribution < 1.29 is 29.0 Å². The molecule has 2 saturated heterocycles. The van der Waals surface area contributed by atoms with E-state index in [9.17, 15) is 19.5 Å². The molecule has 1 aliphatic carbocycles. The summed E-state index contributed by atoms with van der Waals surface area (Å²) in [5.74, 6) is -1.85. The van der Waals surface area contributed by atoms with Gasteiger partial charge >= 0.3 is 12.1 Å². The molecule has 2 aromatic rings. The summed E-state index contributed by atoms with van der Waals surface area (Å²) < 4.78 is 11.0. The molecule has 3 unspecified atom stereocenters. The van der Waals surface area contributed by atoms with E-state index in [2.05, 4.69) is 17.4 Å². The second-order valence-corrected chi connectivity index (χ2v) is 9.61. The summed E-state index contributed by atoms with van der Waals surface area (Å²) >= 11 is 0. The largest absolute Gasteiger partial charge is 0.481 e. The highest BCUT2D eigenvalue weighted by Crippen LogP contribution is 2.45. The lowest BCUT2D eigenvalue weighted by Gasteiger charge is -2.31. The summed E-state index contributed by atoms with van der Waals surface area (Å²) in [6, 6.07) is 14.7. The fraction of sp³-hybridized carbons (Fsp3) is 0.444. The average molecular weight is 479 g/mol.